The lowest BCUT2D eigenvalue weighted by molar-refractivity contribution is 0.0951. The fourth-order valence-electron chi connectivity index (χ4n) is 1.98. The van der Waals surface area contributed by atoms with Crippen LogP contribution in [0.3, 0.4) is 0 Å². The molecule has 0 saturated carbocycles. The molecule has 23 heavy (non-hydrogen) atoms. The lowest BCUT2D eigenvalue weighted by Crippen LogP contribution is -2.22. The highest BCUT2D eigenvalue weighted by Gasteiger charge is 2.06. The average molecular weight is 348 g/mol. The van der Waals surface area contributed by atoms with E-state index < -0.39 is 0 Å². The third-order valence-electron chi connectivity index (χ3n) is 3.28. The van der Waals surface area contributed by atoms with Crippen LogP contribution < -0.4 is 5.32 Å². The van der Waals surface area contributed by atoms with Gasteiger partial charge in [-0.25, -0.2) is 0 Å². The minimum atomic E-state index is -0.115. The van der Waals surface area contributed by atoms with Crippen molar-refractivity contribution in [1.29, 1.82) is 0 Å². The quantitative estimate of drug-likeness (QED) is 0.749. The second kappa shape index (κ2) is 8.19. The number of hydrogen-bond acceptors (Lipinski definition) is 1. The topological polar surface area (TPSA) is 29.1 Å². The maximum atomic E-state index is 12.2. The van der Waals surface area contributed by atoms with Crippen LogP contribution in [0.4, 0.5) is 0 Å². The molecule has 0 aromatic heterocycles. The van der Waals surface area contributed by atoms with Crippen molar-refractivity contribution in [3.63, 3.8) is 0 Å². The van der Waals surface area contributed by atoms with Gasteiger partial charge in [-0.1, -0.05) is 67.4 Å². The van der Waals surface area contributed by atoms with E-state index in [0.29, 0.717) is 28.1 Å². The van der Waals surface area contributed by atoms with Gasteiger partial charge in [-0.05, 0) is 41.3 Å². The van der Waals surface area contributed by atoms with Crippen LogP contribution in [0, 0.1) is 5.92 Å². The number of allylic oxidation sites excluding steroid dienone is 1. The highest BCUT2D eigenvalue weighted by molar-refractivity contribution is 6.42. The second-order valence-electron chi connectivity index (χ2n) is 5.66. The highest BCUT2D eigenvalue weighted by Crippen LogP contribution is 2.22. The van der Waals surface area contributed by atoms with Crippen molar-refractivity contribution in [1.82, 2.24) is 5.32 Å². The van der Waals surface area contributed by atoms with Crippen molar-refractivity contribution < 1.29 is 4.79 Å². The minimum absolute atomic E-state index is 0.115. The number of carbonyl (C=O) groups is 1. The van der Waals surface area contributed by atoms with Gasteiger partial charge in [0.2, 0.25) is 0 Å². The Balaban J connectivity index is 1.96. The molecule has 0 aliphatic heterocycles. The fourth-order valence-corrected chi connectivity index (χ4v) is 2.30. The summed E-state index contributed by atoms with van der Waals surface area (Å²) in [5.41, 5.74) is 2.62. The summed E-state index contributed by atoms with van der Waals surface area (Å²) in [6.07, 6.45) is 4.18. The molecule has 2 aromatic carbocycles. The molecule has 0 spiro atoms. The van der Waals surface area contributed by atoms with E-state index in [4.69, 9.17) is 23.2 Å². The second-order valence-corrected chi connectivity index (χ2v) is 6.47. The van der Waals surface area contributed by atoms with Crippen LogP contribution in [-0.2, 0) is 6.54 Å². The Kier molecular flexibility index (Phi) is 6.26. The first-order chi connectivity index (χ1) is 11.0. The molecule has 2 rings (SSSR count). The predicted octanol–water partition coefficient (Wildman–Crippen LogP) is 5.59. The Morgan fingerprint density at radius 3 is 2.39 bits per heavy atom. The molecule has 1 amide bonds. The maximum Gasteiger partial charge on any atom is 0.251 e. The average Bonchev–Trinajstić information content (AvgIpc) is 2.54. The largest absolute Gasteiger partial charge is 0.348 e. The Bertz CT molecular complexity index is 706. The summed E-state index contributed by atoms with van der Waals surface area (Å²) in [7, 11) is 0. The van der Waals surface area contributed by atoms with E-state index in [1.807, 2.05) is 30.3 Å². The summed E-state index contributed by atoms with van der Waals surface area (Å²) < 4.78 is 0. The Labute approximate surface area is 147 Å². The van der Waals surface area contributed by atoms with Crippen LogP contribution in [0.1, 0.15) is 35.3 Å². The molecule has 120 valence electrons. The highest BCUT2D eigenvalue weighted by atomic mass is 35.5. The standard InChI is InChI=1S/C19H19Cl2NO/c1-13(2)3-4-14-5-8-16(9-6-14)19(23)22-12-15-7-10-17(20)18(21)11-15/h3-11,13H,12H2,1-2H3,(H,22,23)/b4-3+. The van der Waals surface area contributed by atoms with Crippen LogP contribution in [0.15, 0.2) is 48.5 Å². The van der Waals surface area contributed by atoms with E-state index in [1.165, 1.54) is 0 Å². The minimum Gasteiger partial charge on any atom is -0.348 e. The molecule has 0 fully saturated rings. The van der Waals surface area contributed by atoms with Crippen LogP contribution in [0.5, 0.6) is 0 Å². The number of rotatable bonds is 5. The normalized spacial score (nSPS) is 11.2. The SMILES string of the molecule is CC(C)/C=C/c1ccc(C(=O)NCc2ccc(Cl)c(Cl)c2)cc1. The summed E-state index contributed by atoms with van der Waals surface area (Å²) in [6.45, 7) is 4.66. The van der Waals surface area contributed by atoms with Gasteiger partial charge in [-0.15, -0.1) is 0 Å². The molecule has 0 atom stereocenters. The number of benzene rings is 2. The molecule has 1 N–H and O–H groups in total. The van der Waals surface area contributed by atoms with E-state index in [0.717, 1.165) is 11.1 Å². The summed E-state index contributed by atoms with van der Waals surface area (Å²) in [5.74, 6) is 0.389. The van der Waals surface area contributed by atoms with Crippen LogP contribution in [-0.4, -0.2) is 5.91 Å². The van der Waals surface area contributed by atoms with Crippen molar-refractivity contribution in [2.24, 2.45) is 5.92 Å². The molecule has 2 aromatic rings. The van der Waals surface area contributed by atoms with Gasteiger partial charge >= 0.3 is 0 Å². The number of nitrogens with one attached hydrogen (secondary N) is 1. The van der Waals surface area contributed by atoms with Crippen molar-refractivity contribution in [3.8, 4) is 0 Å². The summed E-state index contributed by atoms with van der Waals surface area (Å²) >= 11 is 11.8. The zero-order chi connectivity index (χ0) is 16.8. The first-order valence-electron chi connectivity index (χ1n) is 7.46. The lowest BCUT2D eigenvalue weighted by atomic mass is 10.1. The molecule has 0 aliphatic carbocycles. The summed E-state index contributed by atoms with van der Waals surface area (Å²) in [5, 5.41) is 3.87. The van der Waals surface area contributed by atoms with Crippen molar-refractivity contribution in [2.75, 3.05) is 0 Å². The third kappa shape index (κ3) is 5.42. The van der Waals surface area contributed by atoms with Gasteiger partial charge in [-0.2, -0.15) is 0 Å². The Morgan fingerprint density at radius 1 is 1.09 bits per heavy atom. The maximum absolute atomic E-state index is 12.2. The van der Waals surface area contributed by atoms with E-state index in [9.17, 15) is 4.79 Å². The summed E-state index contributed by atoms with van der Waals surface area (Å²) in [6, 6.07) is 12.8. The molecule has 2 nitrogen and oxygen atoms in total. The monoisotopic (exact) mass is 347 g/mol. The third-order valence-corrected chi connectivity index (χ3v) is 4.02. The number of halogens is 2. The van der Waals surface area contributed by atoms with E-state index in [-0.39, 0.29) is 5.91 Å². The van der Waals surface area contributed by atoms with E-state index in [1.54, 1.807) is 12.1 Å². The number of amides is 1. The molecule has 0 bridgehead atoms. The van der Waals surface area contributed by atoms with Crippen LogP contribution >= 0.6 is 23.2 Å². The molecule has 4 heteroatoms. The first-order valence-corrected chi connectivity index (χ1v) is 8.21. The lowest BCUT2D eigenvalue weighted by Gasteiger charge is -2.07. The molecular weight excluding hydrogens is 329 g/mol. The van der Waals surface area contributed by atoms with Gasteiger partial charge in [0.25, 0.3) is 5.91 Å². The molecular formula is C19H19Cl2NO. The van der Waals surface area contributed by atoms with Crippen LogP contribution in [0.25, 0.3) is 6.08 Å². The molecule has 0 heterocycles. The number of hydrogen-bond donors (Lipinski definition) is 1. The van der Waals surface area contributed by atoms with Gasteiger partial charge in [0.15, 0.2) is 0 Å². The van der Waals surface area contributed by atoms with Gasteiger partial charge < -0.3 is 5.32 Å². The van der Waals surface area contributed by atoms with Crippen molar-refractivity contribution in [2.45, 2.75) is 20.4 Å². The molecule has 0 saturated heterocycles. The zero-order valence-corrected chi connectivity index (χ0v) is 14.7. The van der Waals surface area contributed by atoms with Crippen molar-refractivity contribution >= 4 is 35.2 Å². The van der Waals surface area contributed by atoms with Crippen molar-refractivity contribution in [3.05, 3.63) is 75.3 Å². The predicted molar refractivity (Wildman–Crippen MR) is 97.9 cm³/mol. The van der Waals surface area contributed by atoms with E-state index >= 15 is 0 Å². The van der Waals surface area contributed by atoms with Gasteiger partial charge in [0.05, 0.1) is 10.0 Å². The van der Waals surface area contributed by atoms with Gasteiger partial charge in [-0.3, -0.25) is 4.79 Å². The number of carbonyl (C=O) groups excluding carboxylic acids is 1. The molecule has 0 unspecified atom stereocenters. The fraction of sp³-hybridized carbons (Fsp3) is 0.211. The summed E-state index contributed by atoms with van der Waals surface area (Å²) in [4.78, 5) is 12.2. The molecule has 0 radical (unpaired) electrons. The van der Waals surface area contributed by atoms with Gasteiger partial charge in [0.1, 0.15) is 0 Å². The van der Waals surface area contributed by atoms with Gasteiger partial charge in [0, 0.05) is 12.1 Å². The molecule has 0 aliphatic rings. The van der Waals surface area contributed by atoms with Crippen LogP contribution in [0.2, 0.25) is 10.0 Å². The smallest absolute Gasteiger partial charge is 0.251 e. The zero-order valence-electron chi connectivity index (χ0n) is 13.1. The Hall–Kier alpha value is -1.77. The van der Waals surface area contributed by atoms with E-state index in [2.05, 4.69) is 31.3 Å². The Morgan fingerprint density at radius 2 is 1.78 bits per heavy atom. The first kappa shape index (κ1) is 17.6.